The lowest BCUT2D eigenvalue weighted by Crippen LogP contribution is -2.49. The fourth-order valence-corrected chi connectivity index (χ4v) is 3.16. The summed E-state index contributed by atoms with van der Waals surface area (Å²) < 4.78 is 30.4. The molecule has 1 unspecified atom stereocenters. The van der Waals surface area contributed by atoms with Crippen molar-refractivity contribution in [3.05, 3.63) is 0 Å². The number of rotatable bonds is 8. The molecular formula is C20H39F2N5O2. The van der Waals surface area contributed by atoms with E-state index in [0.29, 0.717) is 26.2 Å². The molecule has 0 spiro atoms. The summed E-state index contributed by atoms with van der Waals surface area (Å²) in [4.78, 5) is 20.1. The van der Waals surface area contributed by atoms with Crippen LogP contribution in [0.5, 0.6) is 0 Å². The SMILES string of the molecule is CCNC(=NCC(C)CN(C)C(=O)OC(C)(C)C)NC1CCN(CC(F)F)CC1. The summed E-state index contributed by atoms with van der Waals surface area (Å²) in [5.74, 6) is 0.891. The molecule has 0 saturated carbocycles. The zero-order chi connectivity index (χ0) is 22.0. The predicted molar refractivity (Wildman–Crippen MR) is 113 cm³/mol. The summed E-state index contributed by atoms with van der Waals surface area (Å²) in [5, 5.41) is 6.65. The Morgan fingerprint density at radius 2 is 1.93 bits per heavy atom. The lowest BCUT2D eigenvalue weighted by Gasteiger charge is -2.32. The summed E-state index contributed by atoms with van der Waals surface area (Å²) in [6, 6.07) is 0.224. The first-order valence-corrected chi connectivity index (χ1v) is 10.5. The van der Waals surface area contributed by atoms with Crippen molar-refractivity contribution in [1.82, 2.24) is 20.4 Å². The molecule has 1 fully saturated rings. The third-order valence-corrected chi connectivity index (χ3v) is 4.52. The normalized spacial score (nSPS) is 17.9. The minimum atomic E-state index is -2.28. The van der Waals surface area contributed by atoms with Gasteiger partial charge in [0, 0.05) is 45.8 Å². The third-order valence-electron chi connectivity index (χ3n) is 4.52. The van der Waals surface area contributed by atoms with Crippen molar-refractivity contribution in [3.8, 4) is 0 Å². The van der Waals surface area contributed by atoms with Crippen molar-refractivity contribution in [2.24, 2.45) is 10.9 Å². The second-order valence-corrected chi connectivity index (χ2v) is 8.80. The van der Waals surface area contributed by atoms with E-state index in [-0.39, 0.29) is 24.6 Å². The average molecular weight is 420 g/mol. The quantitative estimate of drug-likeness (QED) is 0.468. The molecule has 1 aliphatic rings. The van der Waals surface area contributed by atoms with Gasteiger partial charge in [0.15, 0.2) is 5.96 Å². The minimum Gasteiger partial charge on any atom is -0.444 e. The van der Waals surface area contributed by atoms with Crippen LogP contribution in [0.25, 0.3) is 0 Å². The van der Waals surface area contributed by atoms with Gasteiger partial charge in [-0.15, -0.1) is 0 Å². The molecule has 0 aliphatic carbocycles. The highest BCUT2D eigenvalue weighted by atomic mass is 19.3. The van der Waals surface area contributed by atoms with Gasteiger partial charge in [-0.05, 0) is 46.5 Å². The van der Waals surface area contributed by atoms with Crippen LogP contribution in [0.2, 0.25) is 0 Å². The summed E-state index contributed by atoms with van der Waals surface area (Å²) in [6.45, 7) is 12.6. The fraction of sp³-hybridized carbons (Fsp3) is 0.900. The highest BCUT2D eigenvalue weighted by Crippen LogP contribution is 2.12. The van der Waals surface area contributed by atoms with Crippen LogP contribution < -0.4 is 10.6 Å². The van der Waals surface area contributed by atoms with Gasteiger partial charge >= 0.3 is 6.09 Å². The second kappa shape index (κ2) is 12.1. The number of carbonyl (C=O) groups excluding carboxylic acids is 1. The summed E-state index contributed by atoms with van der Waals surface area (Å²) in [6.07, 6.45) is -0.991. The van der Waals surface area contributed by atoms with E-state index in [9.17, 15) is 13.6 Å². The van der Waals surface area contributed by atoms with Crippen molar-refractivity contribution in [2.75, 3.05) is 46.3 Å². The number of nitrogens with zero attached hydrogens (tertiary/aromatic N) is 3. The highest BCUT2D eigenvalue weighted by Gasteiger charge is 2.23. The second-order valence-electron chi connectivity index (χ2n) is 8.80. The number of piperidine rings is 1. The van der Waals surface area contributed by atoms with Crippen molar-refractivity contribution in [2.45, 2.75) is 65.5 Å². The maximum Gasteiger partial charge on any atom is 0.410 e. The lowest BCUT2D eigenvalue weighted by atomic mass is 10.1. The van der Waals surface area contributed by atoms with Gasteiger partial charge in [-0.2, -0.15) is 0 Å². The van der Waals surface area contributed by atoms with E-state index in [1.807, 2.05) is 39.5 Å². The first-order valence-electron chi connectivity index (χ1n) is 10.5. The molecule has 0 aromatic carbocycles. The van der Waals surface area contributed by atoms with Crippen molar-refractivity contribution < 1.29 is 18.3 Å². The first-order chi connectivity index (χ1) is 13.5. The van der Waals surface area contributed by atoms with E-state index in [2.05, 4.69) is 15.6 Å². The number of halogens is 2. The molecule has 0 aromatic heterocycles. The van der Waals surface area contributed by atoms with Crippen LogP contribution in [0.4, 0.5) is 13.6 Å². The Bertz CT molecular complexity index is 517. The number of hydrogen-bond donors (Lipinski definition) is 2. The van der Waals surface area contributed by atoms with Gasteiger partial charge in [0.25, 0.3) is 6.43 Å². The molecule has 1 atom stereocenters. The third kappa shape index (κ3) is 11.2. The van der Waals surface area contributed by atoms with Crippen LogP contribution in [0, 0.1) is 5.92 Å². The van der Waals surface area contributed by atoms with Crippen LogP contribution in [-0.2, 0) is 4.74 Å². The molecule has 9 heteroatoms. The largest absolute Gasteiger partial charge is 0.444 e. The molecule has 0 aromatic rings. The first kappa shape index (κ1) is 25.4. The number of carbonyl (C=O) groups is 1. The van der Waals surface area contributed by atoms with E-state index < -0.39 is 12.0 Å². The van der Waals surface area contributed by atoms with E-state index >= 15 is 0 Å². The fourth-order valence-electron chi connectivity index (χ4n) is 3.16. The van der Waals surface area contributed by atoms with Crippen molar-refractivity contribution >= 4 is 12.1 Å². The molecule has 2 N–H and O–H groups in total. The molecule has 1 amide bonds. The van der Waals surface area contributed by atoms with E-state index in [1.165, 1.54) is 0 Å². The Morgan fingerprint density at radius 3 is 2.45 bits per heavy atom. The summed E-state index contributed by atoms with van der Waals surface area (Å²) in [5.41, 5.74) is -0.514. The van der Waals surface area contributed by atoms with Gasteiger partial charge in [-0.1, -0.05) is 6.92 Å². The van der Waals surface area contributed by atoms with Crippen molar-refractivity contribution in [1.29, 1.82) is 0 Å². The number of guanidine groups is 1. The van der Waals surface area contributed by atoms with Crippen LogP contribution in [-0.4, -0.2) is 86.2 Å². The number of ether oxygens (including phenoxy) is 1. The molecule has 1 rings (SSSR count). The Morgan fingerprint density at radius 1 is 1.31 bits per heavy atom. The monoisotopic (exact) mass is 419 g/mol. The Labute approximate surface area is 174 Å². The van der Waals surface area contributed by atoms with E-state index in [4.69, 9.17) is 4.74 Å². The average Bonchev–Trinajstić information content (AvgIpc) is 2.59. The molecule has 7 nitrogen and oxygen atoms in total. The molecule has 1 aliphatic heterocycles. The number of hydrogen-bond acceptors (Lipinski definition) is 4. The summed E-state index contributed by atoms with van der Waals surface area (Å²) in [7, 11) is 1.73. The molecular weight excluding hydrogens is 380 g/mol. The molecule has 0 radical (unpaired) electrons. The number of likely N-dealkylation sites (tertiary alicyclic amines) is 1. The van der Waals surface area contributed by atoms with Gasteiger partial charge < -0.3 is 20.3 Å². The van der Waals surface area contributed by atoms with E-state index in [0.717, 1.165) is 25.3 Å². The Hall–Kier alpha value is -1.64. The predicted octanol–water partition coefficient (Wildman–Crippen LogP) is 2.77. The smallest absolute Gasteiger partial charge is 0.410 e. The van der Waals surface area contributed by atoms with E-state index in [1.54, 1.807) is 11.9 Å². The zero-order valence-electron chi connectivity index (χ0n) is 18.8. The molecule has 1 heterocycles. The molecule has 0 bridgehead atoms. The minimum absolute atomic E-state index is 0.149. The maximum atomic E-state index is 12.5. The molecule has 29 heavy (non-hydrogen) atoms. The Kier molecular flexibility index (Phi) is 10.6. The number of alkyl halides is 2. The topological polar surface area (TPSA) is 69.2 Å². The molecule has 170 valence electrons. The standard InChI is InChI=1S/C20H39F2N5O2/c1-7-23-18(25-16-8-10-27(11-9-16)14-17(21)22)24-12-15(2)13-26(6)19(28)29-20(3,4)5/h15-17H,7-14H2,1-6H3,(H2,23,24,25). The number of nitrogens with one attached hydrogen (secondary N) is 2. The van der Waals surface area contributed by atoms with Crippen LogP contribution in [0.1, 0.15) is 47.5 Å². The van der Waals surface area contributed by atoms with Gasteiger partial charge in [0.1, 0.15) is 5.60 Å². The van der Waals surface area contributed by atoms with Crippen LogP contribution >= 0.6 is 0 Å². The Balaban J connectivity index is 2.47. The lowest BCUT2D eigenvalue weighted by molar-refractivity contribution is 0.0278. The van der Waals surface area contributed by atoms with Gasteiger partial charge in [-0.25, -0.2) is 13.6 Å². The summed E-state index contributed by atoms with van der Waals surface area (Å²) >= 11 is 0. The van der Waals surface area contributed by atoms with Crippen LogP contribution in [0.15, 0.2) is 4.99 Å². The zero-order valence-corrected chi connectivity index (χ0v) is 18.8. The highest BCUT2D eigenvalue weighted by molar-refractivity contribution is 5.80. The van der Waals surface area contributed by atoms with Gasteiger partial charge in [0.05, 0.1) is 6.54 Å². The van der Waals surface area contributed by atoms with Crippen LogP contribution in [0.3, 0.4) is 0 Å². The van der Waals surface area contributed by atoms with Gasteiger partial charge in [0.2, 0.25) is 0 Å². The number of aliphatic imine (C=N–C) groups is 1. The van der Waals surface area contributed by atoms with Crippen molar-refractivity contribution in [3.63, 3.8) is 0 Å². The number of amides is 1. The maximum absolute atomic E-state index is 12.5. The molecule has 1 saturated heterocycles. The van der Waals surface area contributed by atoms with Gasteiger partial charge in [-0.3, -0.25) is 9.89 Å².